The minimum absolute atomic E-state index is 0.0355. The van der Waals surface area contributed by atoms with Crippen LogP contribution in [0.15, 0.2) is 32.0 Å². The molecule has 0 aliphatic heterocycles. The average Bonchev–Trinajstić information content (AvgIpc) is 2.57. The van der Waals surface area contributed by atoms with Crippen molar-refractivity contribution in [1.82, 2.24) is 4.72 Å². The highest BCUT2D eigenvalue weighted by Gasteiger charge is 2.27. The first-order chi connectivity index (χ1) is 9.40. The molecule has 0 saturated heterocycles. The third kappa shape index (κ3) is 4.06. The van der Waals surface area contributed by atoms with E-state index in [-0.39, 0.29) is 6.04 Å². The van der Waals surface area contributed by atoms with Gasteiger partial charge in [-0.2, -0.15) is 0 Å². The molecule has 2 rings (SSSR count). The molecule has 0 radical (unpaired) electrons. The van der Waals surface area contributed by atoms with Crippen molar-refractivity contribution in [3.63, 3.8) is 0 Å². The van der Waals surface area contributed by atoms with Gasteiger partial charge in [0, 0.05) is 15.0 Å². The normalized spacial score (nSPS) is 24.4. The second-order valence-corrected chi connectivity index (χ2v) is 8.87. The summed E-state index contributed by atoms with van der Waals surface area (Å²) in [5, 5.41) is 0. The third-order valence-electron chi connectivity index (χ3n) is 3.85. The van der Waals surface area contributed by atoms with Gasteiger partial charge >= 0.3 is 0 Å². The number of hydrogen-bond acceptors (Lipinski definition) is 2. The third-order valence-corrected chi connectivity index (χ3v) is 6.83. The van der Waals surface area contributed by atoms with E-state index < -0.39 is 10.0 Å². The smallest absolute Gasteiger partial charge is 0.208 e. The van der Waals surface area contributed by atoms with Gasteiger partial charge in [0.2, 0.25) is 10.0 Å². The minimum Gasteiger partial charge on any atom is -0.208 e. The first kappa shape index (κ1) is 16.5. The van der Waals surface area contributed by atoms with E-state index in [4.69, 9.17) is 0 Å². The van der Waals surface area contributed by atoms with E-state index in [0.717, 1.165) is 23.7 Å². The van der Waals surface area contributed by atoms with Gasteiger partial charge in [0.05, 0.1) is 4.90 Å². The summed E-state index contributed by atoms with van der Waals surface area (Å²) < 4.78 is 29.4. The molecular formula is C14H19Br2NO2S. The van der Waals surface area contributed by atoms with E-state index in [1.165, 1.54) is 12.8 Å². The molecular weight excluding hydrogens is 406 g/mol. The number of hydrogen-bond donors (Lipinski definition) is 1. The van der Waals surface area contributed by atoms with Crippen molar-refractivity contribution < 1.29 is 8.42 Å². The average molecular weight is 425 g/mol. The summed E-state index contributed by atoms with van der Waals surface area (Å²) >= 11 is 6.65. The molecule has 1 aliphatic rings. The van der Waals surface area contributed by atoms with Crippen LogP contribution in [-0.2, 0) is 10.0 Å². The summed E-state index contributed by atoms with van der Waals surface area (Å²) in [6, 6.07) is 5.23. The Kier molecular flexibility index (Phi) is 5.68. The van der Waals surface area contributed by atoms with Crippen LogP contribution in [0.2, 0.25) is 0 Å². The molecule has 1 saturated carbocycles. The molecule has 2 atom stereocenters. The molecule has 0 amide bonds. The Morgan fingerprint density at radius 1 is 1.15 bits per heavy atom. The lowest BCUT2D eigenvalue weighted by molar-refractivity contribution is 0.399. The fraction of sp³-hybridized carbons (Fsp3) is 0.571. The molecule has 112 valence electrons. The lowest BCUT2D eigenvalue weighted by atomic mass is 9.98. The Labute approximate surface area is 137 Å². The van der Waals surface area contributed by atoms with Gasteiger partial charge in [0.1, 0.15) is 0 Å². The van der Waals surface area contributed by atoms with Gasteiger partial charge in [0.25, 0.3) is 0 Å². The lowest BCUT2D eigenvalue weighted by Crippen LogP contribution is -2.38. The Bertz CT molecular complexity index is 575. The van der Waals surface area contributed by atoms with Crippen molar-refractivity contribution >= 4 is 41.9 Å². The SMILES string of the molecule is CC1CCCCCC1NS(=O)(=O)c1cc(Br)ccc1Br. The Morgan fingerprint density at radius 3 is 2.60 bits per heavy atom. The van der Waals surface area contributed by atoms with Crippen molar-refractivity contribution in [1.29, 1.82) is 0 Å². The highest BCUT2D eigenvalue weighted by Crippen LogP contribution is 2.28. The fourth-order valence-corrected chi connectivity index (χ4v) is 5.50. The molecule has 0 heterocycles. The van der Waals surface area contributed by atoms with Crippen LogP contribution in [0.4, 0.5) is 0 Å². The molecule has 1 aliphatic carbocycles. The van der Waals surface area contributed by atoms with Crippen LogP contribution < -0.4 is 4.72 Å². The molecule has 6 heteroatoms. The quantitative estimate of drug-likeness (QED) is 0.728. The van der Waals surface area contributed by atoms with Crippen molar-refractivity contribution in [3.8, 4) is 0 Å². The molecule has 1 N–H and O–H groups in total. The van der Waals surface area contributed by atoms with E-state index >= 15 is 0 Å². The van der Waals surface area contributed by atoms with Gasteiger partial charge in [-0.15, -0.1) is 0 Å². The molecule has 1 aromatic carbocycles. The van der Waals surface area contributed by atoms with Crippen LogP contribution in [0.5, 0.6) is 0 Å². The fourth-order valence-electron chi connectivity index (χ4n) is 2.61. The Hall–Kier alpha value is 0.0900. The first-order valence-corrected chi connectivity index (χ1v) is 9.94. The summed E-state index contributed by atoms with van der Waals surface area (Å²) in [4.78, 5) is 0.295. The summed E-state index contributed by atoms with van der Waals surface area (Å²) in [5.74, 6) is 0.387. The Morgan fingerprint density at radius 2 is 1.85 bits per heavy atom. The molecule has 2 unspecified atom stereocenters. The van der Waals surface area contributed by atoms with Gasteiger partial charge in [-0.1, -0.05) is 42.1 Å². The maximum absolute atomic E-state index is 12.6. The molecule has 3 nitrogen and oxygen atoms in total. The summed E-state index contributed by atoms with van der Waals surface area (Å²) in [6.45, 7) is 2.13. The second-order valence-electron chi connectivity index (χ2n) is 5.42. The highest BCUT2D eigenvalue weighted by molar-refractivity contribution is 9.11. The summed E-state index contributed by atoms with van der Waals surface area (Å²) in [6.07, 6.45) is 5.50. The van der Waals surface area contributed by atoms with Gasteiger partial charge in [0.15, 0.2) is 0 Å². The lowest BCUT2D eigenvalue weighted by Gasteiger charge is -2.23. The number of nitrogens with one attached hydrogen (secondary N) is 1. The predicted molar refractivity (Wildman–Crippen MR) is 88.2 cm³/mol. The summed E-state index contributed by atoms with van der Waals surface area (Å²) in [5.41, 5.74) is 0. The minimum atomic E-state index is -3.49. The van der Waals surface area contributed by atoms with E-state index in [1.807, 2.05) is 6.07 Å². The monoisotopic (exact) mass is 423 g/mol. The van der Waals surface area contributed by atoms with E-state index in [0.29, 0.717) is 15.3 Å². The maximum atomic E-state index is 12.6. The zero-order chi connectivity index (χ0) is 14.8. The number of rotatable bonds is 3. The molecule has 0 spiro atoms. The summed E-state index contributed by atoms with van der Waals surface area (Å²) in [7, 11) is -3.49. The van der Waals surface area contributed by atoms with Crippen molar-refractivity contribution in [2.45, 2.75) is 50.0 Å². The topological polar surface area (TPSA) is 46.2 Å². The van der Waals surface area contributed by atoms with Crippen LogP contribution in [0.1, 0.15) is 39.0 Å². The molecule has 1 aromatic rings. The second kappa shape index (κ2) is 6.90. The molecule has 0 bridgehead atoms. The van der Waals surface area contributed by atoms with Crippen molar-refractivity contribution in [2.24, 2.45) is 5.92 Å². The van der Waals surface area contributed by atoms with Gasteiger partial charge < -0.3 is 0 Å². The van der Waals surface area contributed by atoms with Crippen LogP contribution in [-0.4, -0.2) is 14.5 Å². The largest absolute Gasteiger partial charge is 0.241 e. The zero-order valence-electron chi connectivity index (χ0n) is 11.4. The van der Waals surface area contributed by atoms with Crippen LogP contribution in [0.3, 0.4) is 0 Å². The number of sulfonamides is 1. The zero-order valence-corrected chi connectivity index (χ0v) is 15.4. The molecule has 20 heavy (non-hydrogen) atoms. The van der Waals surface area contributed by atoms with Crippen LogP contribution >= 0.6 is 31.9 Å². The van der Waals surface area contributed by atoms with Gasteiger partial charge in [-0.3, -0.25) is 0 Å². The number of halogens is 2. The van der Waals surface area contributed by atoms with E-state index in [2.05, 4.69) is 43.5 Å². The van der Waals surface area contributed by atoms with Crippen molar-refractivity contribution in [3.05, 3.63) is 27.1 Å². The van der Waals surface area contributed by atoms with E-state index in [1.54, 1.807) is 12.1 Å². The molecule has 0 aromatic heterocycles. The van der Waals surface area contributed by atoms with Gasteiger partial charge in [-0.05, 0) is 52.9 Å². The first-order valence-electron chi connectivity index (χ1n) is 6.87. The van der Waals surface area contributed by atoms with Crippen LogP contribution in [0, 0.1) is 5.92 Å². The maximum Gasteiger partial charge on any atom is 0.241 e. The number of benzene rings is 1. The van der Waals surface area contributed by atoms with Crippen molar-refractivity contribution in [2.75, 3.05) is 0 Å². The Balaban J connectivity index is 2.24. The van der Waals surface area contributed by atoms with Crippen LogP contribution in [0.25, 0.3) is 0 Å². The molecule has 1 fully saturated rings. The predicted octanol–water partition coefficient (Wildman–Crippen LogP) is 4.46. The standard InChI is InChI=1S/C14H19Br2NO2S/c1-10-5-3-2-4-6-13(10)17-20(18,19)14-9-11(15)7-8-12(14)16/h7-10,13,17H,2-6H2,1H3. The van der Waals surface area contributed by atoms with Gasteiger partial charge in [-0.25, -0.2) is 13.1 Å². The highest BCUT2D eigenvalue weighted by atomic mass is 79.9. The van der Waals surface area contributed by atoms with E-state index in [9.17, 15) is 8.42 Å².